The van der Waals surface area contributed by atoms with Crippen LogP contribution in [0.1, 0.15) is 33.1 Å². The van der Waals surface area contributed by atoms with E-state index in [4.69, 9.17) is 0 Å². The van der Waals surface area contributed by atoms with E-state index >= 15 is 0 Å². The van der Waals surface area contributed by atoms with Crippen molar-refractivity contribution < 1.29 is 10.2 Å². The number of hydrogen-bond acceptors (Lipinski definition) is 4. The van der Waals surface area contributed by atoms with Crippen molar-refractivity contribution in [1.82, 2.24) is 9.80 Å². The van der Waals surface area contributed by atoms with Crippen LogP contribution in [0.5, 0.6) is 0 Å². The van der Waals surface area contributed by atoms with E-state index in [9.17, 15) is 10.2 Å². The first-order valence-corrected chi connectivity index (χ1v) is 6.82. The largest absolute Gasteiger partial charge is 0.391 e. The van der Waals surface area contributed by atoms with Crippen molar-refractivity contribution >= 4 is 0 Å². The lowest BCUT2D eigenvalue weighted by Gasteiger charge is -2.40. The van der Waals surface area contributed by atoms with Crippen LogP contribution in [0.3, 0.4) is 0 Å². The van der Waals surface area contributed by atoms with Crippen molar-refractivity contribution in [2.24, 2.45) is 0 Å². The Balaban J connectivity index is 1.78. The molecule has 0 spiro atoms. The molecule has 1 saturated heterocycles. The number of piperazine rings is 1. The van der Waals surface area contributed by atoms with Gasteiger partial charge in [0.15, 0.2) is 0 Å². The molecule has 0 amide bonds. The predicted molar refractivity (Wildman–Crippen MR) is 68.0 cm³/mol. The normalized spacial score (nSPS) is 33.2. The summed E-state index contributed by atoms with van der Waals surface area (Å²) in [5.41, 5.74) is -0.602. The summed E-state index contributed by atoms with van der Waals surface area (Å²) in [6.45, 7) is 8.53. The summed E-state index contributed by atoms with van der Waals surface area (Å²) < 4.78 is 0. The van der Waals surface area contributed by atoms with E-state index in [2.05, 4.69) is 9.80 Å². The minimum atomic E-state index is -0.602. The highest BCUT2D eigenvalue weighted by atomic mass is 16.3. The average molecular weight is 242 g/mol. The molecule has 4 heteroatoms. The van der Waals surface area contributed by atoms with Crippen molar-refractivity contribution in [2.45, 2.75) is 50.9 Å². The highest BCUT2D eigenvalue weighted by molar-refractivity contribution is 4.88. The van der Waals surface area contributed by atoms with E-state index in [-0.39, 0.29) is 6.10 Å². The summed E-state index contributed by atoms with van der Waals surface area (Å²) in [6.07, 6.45) is 3.16. The molecule has 17 heavy (non-hydrogen) atoms. The molecule has 0 unspecified atom stereocenters. The summed E-state index contributed by atoms with van der Waals surface area (Å²) in [4.78, 5) is 4.75. The molecule has 2 rings (SSSR count). The molecule has 100 valence electrons. The second kappa shape index (κ2) is 5.22. The van der Waals surface area contributed by atoms with Gasteiger partial charge in [-0.25, -0.2) is 0 Å². The van der Waals surface area contributed by atoms with E-state index in [0.717, 1.165) is 52.0 Å². The maximum absolute atomic E-state index is 9.90. The van der Waals surface area contributed by atoms with Gasteiger partial charge in [0.1, 0.15) is 0 Å². The predicted octanol–water partition coefficient (Wildman–Crippen LogP) is 0.288. The van der Waals surface area contributed by atoms with E-state index in [0.29, 0.717) is 6.04 Å². The number of aliphatic hydroxyl groups excluding tert-OH is 1. The SMILES string of the molecule is CC(C)(O)CN1CCN([C@H]2CCC[C@@H]2O)CC1. The van der Waals surface area contributed by atoms with Crippen molar-refractivity contribution in [2.75, 3.05) is 32.7 Å². The summed E-state index contributed by atoms with van der Waals surface area (Å²) in [5, 5.41) is 19.7. The molecule has 1 aliphatic carbocycles. The van der Waals surface area contributed by atoms with Crippen LogP contribution in [-0.2, 0) is 0 Å². The molecule has 2 aliphatic rings. The van der Waals surface area contributed by atoms with Crippen LogP contribution in [0.15, 0.2) is 0 Å². The van der Waals surface area contributed by atoms with Gasteiger partial charge in [0.2, 0.25) is 0 Å². The second-order valence-electron chi connectivity index (χ2n) is 6.19. The molecule has 0 radical (unpaired) electrons. The molecule has 0 bridgehead atoms. The zero-order valence-corrected chi connectivity index (χ0v) is 11.1. The summed E-state index contributed by atoms with van der Waals surface area (Å²) >= 11 is 0. The third-order valence-electron chi connectivity index (χ3n) is 3.93. The lowest BCUT2D eigenvalue weighted by atomic mass is 10.1. The minimum absolute atomic E-state index is 0.115. The zero-order chi connectivity index (χ0) is 12.5. The van der Waals surface area contributed by atoms with Crippen LogP contribution in [-0.4, -0.2) is 70.5 Å². The van der Waals surface area contributed by atoms with E-state index in [1.165, 1.54) is 0 Å². The monoisotopic (exact) mass is 242 g/mol. The molecule has 1 aliphatic heterocycles. The highest BCUT2D eigenvalue weighted by Gasteiger charge is 2.33. The van der Waals surface area contributed by atoms with Gasteiger partial charge in [0.05, 0.1) is 11.7 Å². The number of hydrogen-bond donors (Lipinski definition) is 2. The fourth-order valence-electron chi connectivity index (χ4n) is 3.15. The van der Waals surface area contributed by atoms with Crippen LogP contribution < -0.4 is 0 Å². The molecule has 0 aromatic heterocycles. The molecule has 2 fully saturated rings. The van der Waals surface area contributed by atoms with Crippen molar-refractivity contribution in [1.29, 1.82) is 0 Å². The topological polar surface area (TPSA) is 46.9 Å². The van der Waals surface area contributed by atoms with Crippen LogP contribution in [0, 0.1) is 0 Å². The Kier molecular flexibility index (Phi) is 4.08. The third-order valence-corrected chi connectivity index (χ3v) is 3.93. The molecule has 0 aromatic rings. The Hall–Kier alpha value is -0.160. The highest BCUT2D eigenvalue weighted by Crippen LogP contribution is 2.25. The molecular weight excluding hydrogens is 216 g/mol. The van der Waals surface area contributed by atoms with Gasteiger partial charge in [0.25, 0.3) is 0 Å². The Morgan fingerprint density at radius 2 is 1.76 bits per heavy atom. The Bertz CT molecular complexity index is 244. The molecule has 0 aromatic carbocycles. The van der Waals surface area contributed by atoms with E-state index < -0.39 is 5.60 Å². The van der Waals surface area contributed by atoms with Crippen molar-refractivity contribution in [3.05, 3.63) is 0 Å². The van der Waals surface area contributed by atoms with Gasteiger partial charge in [-0.15, -0.1) is 0 Å². The lowest BCUT2D eigenvalue weighted by Crippen LogP contribution is -2.54. The molecular formula is C13H26N2O2. The van der Waals surface area contributed by atoms with E-state index in [1.807, 2.05) is 13.8 Å². The Morgan fingerprint density at radius 1 is 1.12 bits per heavy atom. The Morgan fingerprint density at radius 3 is 2.24 bits per heavy atom. The van der Waals surface area contributed by atoms with Crippen molar-refractivity contribution in [3.63, 3.8) is 0 Å². The molecule has 4 nitrogen and oxygen atoms in total. The van der Waals surface area contributed by atoms with Gasteiger partial charge in [0, 0.05) is 38.8 Å². The Labute approximate surface area is 104 Å². The summed E-state index contributed by atoms with van der Waals surface area (Å²) in [5.74, 6) is 0. The van der Waals surface area contributed by atoms with Gasteiger partial charge in [-0.05, 0) is 33.1 Å². The summed E-state index contributed by atoms with van der Waals surface area (Å²) in [6, 6.07) is 0.388. The number of aliphatic hydroxyl groups is 2. The first-order chi connectivity index (χ1) is 7.96. The van der Waals surface area contributed by atoms with Gasteiger partial charge < -0.3 is 10.2 Å². The van der Waals surface area contributed by atoms with Gasteiger partial charge >= 0.3 is 0 Å². The maximum Gasteiger partial charge on any atom is 0.0718 e. The van der Waals surface area contributed by atoms with Crippen LogP contribution in [0.4, 0.5) is 0 Å². The molecule has 1 saturated carbocycles. The standard InChI is InChI=1S/C13H26N2O2/c1-13(2,17)10-14-6-8-15(9-7-14)11-4-3-5-12(11)16/h11-12,16-17H,3-10H2,1-2H3/t11-,12-/m0/s1. The van der Waals surface area contributed by atoms with Crippen LogP contribution >= 0.6 is 0 Å². The fourth-order valence-corrected chi connectivity index (χ4v) is 3.15. The quantitative estimate of drug-likeness (QED) is 0.747. The van der Waals surface area contributed by atoms with Crippen LogP contribution in [0.2, 0.25) is 0 Å². The first-order valence-electron chi connectivity index (χ1n) is 6.82. The zero-order valence-electron chi connectivity index (χ0n) is 11.1. The lowest BCUT2D eigenvalue weighted by molar-refractivity contribution is -0.00328. The van der Waals surface area contributed by atoms with Crippen LogP contribution in [0.25, 0.3) is 0 Å². The van der Waals surface area contributed by atoms with Gasteiger partial charge in [-0.3, -0.25) is 9.80 Å². The first kappa shape index (κ1) is 13.3. The van der Waals surface area contributed by atoms with Gasteiger partial charge in [-0.2, -0.15) is 0 Å². The summed E-state index contributed by atoms with van der Waals surface area (Å²) in [7, 11) is 0. The molecule has 1 heterocycles. The van der Waals surface area contributed by atoms with Gasteiger partial charge in [-0.1, -0.05) is 0 Å². The van der Waals surface area contributed by atoms with Crippen molar-refractivity contribution in [3.8, 4) is 0 Å². The number of rotatable bonds is 3. The average Bonchev–Trinajstić information content (AvgIpc) is 2.63. The molecule has 2 atom stereocenters. The number of nitrogens with zero attached hydrogens (tertiary/aromatic N) is 2. The maximum atomic E-state index is 9.90. The molecule has 2 N–H and O–H groups in total. The fraction of sp³-hybridized carbons (Fsp3) is 1.00. The van der Waals surface area contributed by atoms with E-state index in [1.54, 1.807) is 0 Å². The third kappa shape index (κ3) is 3.65. The minimum Gasteiger partial charge on any atom is -0.391 e. The number of β-amino-alcohol motifs (C(OH)–C–C–N with tert-alkyl or cyclic N) is 1. The smallest absolute Gasteiger partial charge is 0.0718 e. The second-order valence-corrected chi connectivity index (χ2v) is 6.19.